The van der Waals surface area contributed by atoms with Crippen LogP contribution in [0.25, 0.3) is 10.9 Å². The summed E-state index contributed by atoms with van der Waals surface area (Å²) >= 11 is 0. The van der Waals surface area contributed by atoms with Crippen molar-refractivity contribution >= 4 is 28.2 Å². The van der Waals surface area contributed by atoms with E-state index in [2.05, 4.69) is 38.3 Å². The van der Waals surface area contributed by atoms with Crippen LogP contribution in [0, 0.1) is 0 Å². The van der Waals surface area contributed by atoms with Crippen molar-refractivity contribution < 1.29 is 4.79 Å². The molecule has 0 aliphatic carbocycles. The second kappa shape index (κ2) is 7.50. The highest BCUT2D eigenvalue weighted by molar-refractivity contribution is 6.13. The van der Waals surface area contributed by atoms with Crippen LogP contribution in [0.15, 0.2) is 79.1 Å². The Hall–Kier alpha value is -3.64. The van der Waals surface area contributed by atoms with Gasteiger partial charge in [0.1, 0.15) is 0 Å². The summed E-state index contributed by atoms with van der Waals surface area (Å²) in [5.74, 6) is 0.162. The van der Waals surface area contributed by atoms with Gasteiger partial charge in [-0.1, -0.05) is 36.4 Å². The predicted molar refractivity (Wildman–Crippen MR) is 124 cm³/mol. The molecule has 32 heavy (non-hydrogen) atoms. The summed E-state index contributed by atoms with van der Waals surface area (Å²) in [5.41, 5.74) is 4.36. The van der Waals surface area contributed by atoms with Crippen molar-refractivity contribution in [3.05, 3.63) is 90.4 Å². The molecule has 158 valence electrons. The van der Waals surface area contributed by atoms with Crippen LogP contribution in [0.3, 0.4) is 0 Å². The van der Waals surface area contributed by atoms with E-state index in [0.29, 0.717) is 0 Å². The lowest BCUT2D eigenvalue weighted by Gasteiger charge is -2.38. The standard InChI is InChI=1S/C26H23N5O/c32-25-26(11-14-30(15-12-26)18-20-7-5-13-28-29-20)22-8-2-4-10-24(22)31(25)21-16-19-6-1-3-9-23(19)27-17-21/h1-10,13,16-17H,11-12,14-15,18H2. The highest BCUT2D eigenvalue weighted by atomic mass is 16.2. The molecule has 2 aliphatic heterocycles. The normalized spacial score (nSPS) is 17.8. The summed E-state index contributed by atoms with van der Waals surface area (Å²) < 4.78 is 0. The fraction of sp³-hybridized carbons (Fsp3) is 0.231. The van der Waals surface area contributed by atoms with Gasteiger partial charge in [0.05, 0.1) is 34.2 Å². The van der Waals surface area contributed by atoms with Crippen molar-refractivity contribution in [3.8, 4) is 0 Å². The monoisotopic (exact) mass is 421 g/mol. The first-order valence-electron chi connectivity index (χ1n) is 11.0. The summed E-state index contributed by atoms with van der Waals surface area (Å²) in [7, 11) is 0. The number of hydrogen-bond donors (Lipinski definition) is 0. The molecule has 4 heterocycles. The van der Waals surface area contributed by atoms with E-state index in [1.54, 1.807) is 6.20 Å². The molecule has 0 radical (unpaired) electrons. The second-order valence-electron chi connectivity index (χ2n) is 8.62. The number of benzene rings is 2. The molecule has 1 spiro atoms. The number of piperidine rings is 1. The number of carbonyl (C=O) groups excluding carboxylic acids is 1. The molecular formula is C26H23N5O. The van der Waals surface area contributed by atoms with Gasteiger partial charge in [-0.2, -0.15) is 10.2 Å². The number of rotatable bonds is 3. The lowest BCUT2D eigenvalue weighted by Crippen LogP contribution is -2.47. The van der Waals surface area contributed by atoms with Gasteiger partial charge in [0.25, 0.3) is 0 Å². The molecule has 0 N–H and O–H groups in total. The van der Waals surface area contributed by atoms with Crippen molar-refractivity contribution in [3.63, 3.8) is 0 Å². The van der Waals surface area contributed by atoms with Crippen LogP contribution in [-0.4, -0.2) is 39.1 Å². The zero-order valence-electron chi connectivity index (χ0n) is 17.7. The van der Waals surface area contributed by atoms with Gasteiger partial charge in [0, 0.05) is 18.1 Å². The fourth-order valence-corrected chi connectivity index (χ4v) is 5.17. The van der Waals surface area contributed by atoms with Crippen LogP contribution in [0.5, 0.6) is 0 Å². The number of likely N-dealkylation sites (tertiary alicyclic amines) is 1. The second-order valence-corrected chi connectivity index (χ2v) is 8.62. The minimum absolute atomic E-state index is 0.162. The minimum atomic E-state index is -0.485. The molecule has 0 bridgehead atoms. The van der Waals surface area contributed by atoms with Crippen LogP contribution in [0.4, 0.5) is 11.4 Å². The van der Waals surface area contributed by atoms with E-state index in [4.69, 9.17) is 0 Å². The average Bonchev–Trinajstić information content (AvgIpc) is 3.09. The Balaban J connectivity index is 1.33. The highest BCUT2D eigenvalue weighted by Gasteiger charge is 2.52. The largest absolute Gasteiger partial charge is 0.297 e. The first kappa shape index (κ1) is 19.1. The van der Waals surface area contributed by atoms with E-state index in [0.717, 1.165) is 66.0 Å². The summed E-state index contributed by atoms with van der Waals surface area (Å²) in [6.07, 6.45) is 5.10. The maximum absolute atomic E-state index is 14.0. The Morgan fingerprint density at radius 1 is 0.938 bits per heavy atom. The number of hydrogen-bond acceptors (Lipinski definition) is 5. The number of amides is 1. The quantitative estimate of drug-likeness (QED) is 0.495. The molecule has 2 aliphatic rings. The van der Waals surface area contributed by atoms with Crippen LogP contribution in [0.2, 0.25) is 0 Å². The van der Waals surface area contributed by atoms with E-state index < -0.39 is 5.41 Å². The first-order valence-corrected chi connectivity index (χ1v) is 11.0. The molecule has 0 atom stereocenters. The van der Waals surface area contributed by atoms with Gasteiger partial charge in [0.2, 0.25) is 5.91 Å². The van der Waals surface area contributed by atoms with Crippen molar-refractivity contribution in [1.82, 2.24) is 20.1 Å². The number of carbonyl (C=O) groups is 1. The molecule has 6 heteroatoms. The van der Waals surface area contributed by atoms with Crippen molar-refractivity contribution in [2.24, 2.45) is 0 Å². The number of pyridine rings is 1. The zero-order valence-corrected chi connectivity index (χ0v) is 17.7. The van der Waals surface area contributed by atoms with E-state index in [-0.39, 0.29) is 5.91 Å². The van der Waals surface area contributed by atoms with E-state index in [1.807, 2.05) is 59.6 Å². The Kier molecular flexibility index (Phi) is 4.47. The van der Waals surface area contributed by atoms with Gasteiger partial charge < -0.3 is 0 Å². The van der Waals surface area contributed by atoms with Gasteiger partial charge in [-0.15, -0.1) is 0 Å². The minimum Gasteiger partial charge on any atom is -0.297 e. The first-order chi connectivity index (χ1) is 15.7. The Morgan fingerprint density at radius 3 is 2.59 bits per heavy atom. The molecule has 6 nitrogen and oxygen atoms in total. The lowest BCUT2D eigenvalue weighted by molar-refractivity contribution is -0.124. The number of para-hydroxylation sites is 2. The summed E-state index contributed by atoms with van der Waals surface area (Å²) in [5, 5.41) is 9.24. The van der Waals surface area contributed by atoms with Crippen LogP contribution >= 0.6 is 0 Å². The molecule has 1 saturated heterocycles. The number of fused-ring (bicyclic) bond motifs is 3. The van der Waals surface area contributed by atoms with Gasteiger partial charge in [-0.25, -0.2) is 0 Å². The molecule has 2 aromatic carbocycles. The summed E-state index contributed by atoms with van der Waals surface area (Å²) in [6.45, 7) is 2.46. The van der Waals surface area contributed by atoms with Gasteiger partial charge in [-0.3, -0.25) is 19.6 Å². The Labute approximate surface area is 186 Å². The van der Waals surface area contributed by atoms with E-state index in [9.17, 15) is 4.79 Å². The van der Waals surface area contributed by atoms with Crippen LogP contribution in [-0.2, 0) is 16.8 Å². The molecule has 4 aromatic rings. The Morgan fingerprint density at radius 2 is 1.75 bits per heavy atom. The predicted octanol–water partition coefficient (Wildman–Crippen LogP) is 4.24. The molecule has 1 amide bonds. The zero-order chi connectivity index (χ0) is 21.5. The Bertz CT molecular complexity index is 1300. The highest BCUT2D eigenvalue weighted by Crippen LogP contribution is 2.50. The lowest BCUT2D eigenvalue weighted by atomic mass is 9.73. The molecule has 1 fully saturated rings. The number of anilines is 2. The van der Waals surface area contributed by atoms with Crippen LogP contribution < -0.4 is 4.90 Å². The van der Waals surface area contributed by atoms with Crippen molar-refractivity contribution in [2.45, 2.75) is 24.8 Å². The smallest absolute Gasteiger partial charge is 0.242 e. The average molecular weight is 422 g/mol. The topological polar surface area (TPSA) is 62.2 Å². The van der Waals surface area contributed by atoms with E-state index >= 15 is 0 Å². The number of aromatic nitrogens is 3. The maximum atomic E-state index is 14.0. The summed E-state index contributed by atoms with van der Waals surface area (Å²) in [6, 6.07) is 22.2. The van der Waals surface area contributed by atoms with Crippen molar-refractivity contribution in [1.29, 1.82) is 0 Å². The van der Waals surface area contributed by atoms with Gasteiger partial charge >= 0.3 is 0 Å². The molecule has 0 saturated carbocycles. The fourth-order valence-electron chi connectivity index (χ4n) is 5.17. The third-order valence-corrected chi connectivity index (χ3v) is 6.83. The number of nitrogens with zero attached hydrogens (tertiary/aromatic N) is 5. The third-order valence-electron chi connectivity index (χ3n) is 6.83. The SMILES string of the molecule is O=C1N(c2cnc3ccccc3c2)c2ccccc2C12CCN(Cc1cccnn1)CC2. The maximum Gasteiger partial charge on any atom is 0.242 e. The van der Waals surface area contributed by atoms with Crippen molar-refractivity contribution in [2.75, 3.05) is 18.0 Å². The molecular weight excluding hydrogens is 398 g/mol. The summed E-state index contributed by atoms with van der Waals surface area (Å²) in [4.78, 5) is 22.9. The molecule has 2 aromatic heterocycles. The molecule has 0 unspecified atom stereocenters. The molecule has 6 rings (SSSR count). The van der Waals surface area contributed by atoms with E-state index in [1.165, 1.54) is 0 Å². The van der Waals surface area contributed by atoms with Gasteiger partial charge in [-0.05, 0) is 61.8 Å². The van der Waals surface area contributed by atoms with Gasteiger partial charge in [0.15, 0.2) is 0 Å². The van der Waals surface area contributed by atoms with Crippen LogP contribution in [0.1, 0.15) is 24.1 Å². The third kappa shape index (κ3) is 2.99.